The normalized spacial score (nSPS) is 20.4. The molecule has 0 amide bonds. The van der Waals surface area contributed by atoms with Crippen molar-refractivity contribution in [3.63, 3.8) is 0 Å². The van der Waals surface area contributed by atoms with Gasteiger partial charge >= 0.3 is 5.97 Å². The van der Waals surface area contributed by atoms with Crippen LogP contribution in [0.25, 0.3) is 11.5 Å². The van der Waals surface area contributed by atoms with E-state index in [1.54, 1.807) is 16.4 Å². The Balaban J connectivity index is 1.75. The summed E-state index contributed by atoms with van der Waals surface area (Å²) in [5.74, 6) is 1.27. The summed E-state index contributed by atoms with van der Waals surface area (Å²) in [6.07, 6.45) is 0. The van der Waals surface area contributed by atoms with Crippen LogP contribution in [0.3, 0.4) is 0 Å². The van der Waals surface area contributed by atoms with Crippen molar-refractivity contribution in [3.8, 4) is 11.5 Å². The van der Waals surface area contributed by atoms with Crippen molar-refractivity contribution < 1.29 is 18.8 Å². The van der Waals surface area contributed by atoms with Crippen molar-refractivity contribution in [3.05, 3.63) is 34.2 Å². The molecule has 0 aliphatic carbocycles. The number of carbonyl (C=O) groups excluding carboxylic acids is 1. The van der Waals surface area contributed by atoms with Gasteiger partial charge in [-0.1, -0.05) is 6.07 Å². The summed E-state index contributed by atoms with van der Waals surface area (Å²) in [5.41, 5.74) is 3.34. The molecule has 1 aliphatic heterocycles. The molecule has 0 spiro atoms. The molecule has 3 rings (SSSR count). The van der Waals surface area contributed by atoms with Gasteiger partial charge in [0.1, 0.15) is 6.54 Å². The third-order valence-corrected chi connectivity index (χ3v) is 5.94. The average molecular weight is 381 g/mol. The number of benzene rings is 1. The number of hydrogen-bond acceptors (Lipinski definition) is 6. The maximum atomic E-state index is 11.8. The van der Waals surface area contributed by atoms with Gasteiger partial charge in [0.25, 0.3) is 4.84 Å². The highest BCUT2D eigenvalue weighted by molar-refractivity contribution is 8.00. The van der Waals surface area contributed by atoms with Crippen molar-refractivity contribution in [2.45, 2.75) is 25.8 Å². The van der Waals surface area contributed by atoms with Crippen LogP contribution in [0.15, 0.2) is 22.6 Å². The lowest BCUT2D eigenvalue weighted by Gasteiger charge is -2.27. The number of methoxy groups -OCH3 is 1. The molecule has 2 aromatic rings. The first-order valence-electron chi connectivity index (χ1n) is 8.16. The summed E-state index contributed by atoms with van der Waals surface area (Å²) in [7, 11) is 1.43. The molecular formula is C17H22N3O3S2+. The van der Waals surface area contributed by atoms with E-state index in [0.29, 0.717) is 23.9 Å². The van der Waals surface area contributed by atoms with E-state index in [1.165, 1.54) is 23.1 Å². The zero-order valence-corrected chi connectivity index (χ0v) is 16.2. The van der Waals surface area contributed by atoms with Crippen LogP contribution in [-0.4, -0.2) is 47.0 Å². The van der Waals surface area contributed by atoms with Gasteiger partial charge in [0.15, 0.2) is 11.9 Å². The van der Waals surface area contributed by atoms with E-state index in [1.807, 2.05) is 6.07 Å². The highest BCUT2D eigenvalue weighted by atomic mass is 32.2. The number of aryl methyl sites for hydroxylation is 2. The summed E-state index contributed by atoms with van der Waals surface area (Å²) in [5, 5.41) is 4.41. The minimum absolute atomic E-state index is 0.131. The molecule has 8 heteroatoms. The predicted octanol–water partition coefficient (Wildman–Crippen LogP) is 1.62. The van der Waals surface area contributed by atoms with E-state index in [0.717, 1.165) is 17.9 Å². The van der Waals surface area contributed by atoms with E-state index in [-0.39, 0.29) is 11.2 Å². The third-order valence-electron chi connectivity index (χ3n) is 4.45. The Labute approximate surface area is 156 Å². The second-order valence-electron chi connectivity index (χ2n) is 6.22. The van der Waals surface area contributed by atoms with Gasteiger partial charge in [-0.2, -0.15) is 4.68 Å². The minimum Gasteiger partial charge on any atom is -0.468 e. The van der Waals surface area contributed by atoms with Crippen molar-refractivity contribution in [2.24, 2.45) is 0 Å². The first-order valence-corrected chi connectivity index (χ1v) is 9.62. The molecule has 6 nitrogen and oxygen atoms in total. The van der Waals surface area contributed by atoms with Crippen molar-refractivity contribution in [1.29, 1.82) is 0 Å². The van der Waals surface area contributed by atoms with E-state index in [2.05, 4.69) is 31.1 Å². The lowest BCUT2D eigenvalue weighted by Crippen LogP contribution is -3.14. The quantitative estimate of drug-likeness (QED) is 0.643. The maximum Gasteiger partial charge on any atom is 0.324 e. The molecule has 0 radical (unpaired) electrons. The van der Waals surface area contributed by atoms with Gasteiger partial charge in [-0.05, 0) is 49.3 Å². The molecule has 1 N–H and O–H groups in total. The second kappa shape index (κ2) is 7.72. The Morgan fingerprint density at radius 1 is 1.48 bits per heavy atom. The smallest absolute Gasteiger partial charge is 0.324 e. The molecule has 1 aromatic carbocycles. The number of ether oxygens (including phenoxy) is 1. The van der Waals surface area contributed by atoms with Gasteiger partial charge in [-0.25, -0.2) is 0 Å². The number of hydrogen-bond donors (Lipinski definition) is 1. The summed E-state index contributed by atoms with van der Waals surface area (Å²) >= 11 is 6.97. The highest BCUT2D eigenvalue weighted by Gasteiger charge is 2.30. The number of nitrogens with one attached hydrogen (secondary N) is 1. The largest absolute Gasteiger partial charge is 0.468 e. The van der Waals surface area contributed by atoms with E-state index < -0.39 is 0 Å². The zero-order valence-electron chi connectivity index (χ0n) is 14.6. The van der Waals surface area contributed by atoms with Crippen LogP contribution in [0, 0.1) is 18.7 Å². The van der Waals surface area contributed by atoms with Gasteiger partial charge in [-0.15, -0.1) is 16.9 Å². The Hall–Kier alpha value is -1.64. The molecule has 1 unspecified atom stereocenters. The fourth-order valence-corrected chi connectivity index (χ4v) is 4.27. The van der Waals surface area contributed by atoms with Crippen molar-refractivity contribution >= 4 is 29.9 Å². The maximum absolute atomic E-state index is 11.8. The molecule has 134 valence electrons. The van der Waals surface area contributed by atoms with E-state index in [4.69, 9.17) is 21.4 Å². The van der Waals surface area contributed by atoms with Gasteiger partial charge in [0.05, 0.1) is 13.7 Å². The Kier molecular flexibility index (Phi) is 5.61. The number of rotatable bonds is 4. The van der Waals surface area contributed by atoms with E-state index in [9.17, 15) is 4.79 Å². The molecule has 1 aromatic heterocycles. The van der Waals surface area contributed by atoms with Crippen LogP contribution in [-0.2, 0) is 16.2 Å². The number of esters is 1. The summed E-state index contributed by atoms with van der Waals surface area (Å²) in [4.78, 5) is 13.4. The number of nitrogens with zero attached hydrogens (tertiary/aromatic N) is 2. The van der Waals surface area contributed by atoms with Crippen LogP contribution in [0.1, 0.15) is 11.1 Å². The van der Waals surface area contributed by atoms with Crippen LogP contribution >= 0.6 is 24.0 Å². The monoisotopic (exact) mass is 380 g/mol. The fourth-order valence-electron chi connectivity index (χ4n) is 2.80. The van der Waals surface area contributed by atoms with E-state index >= 15 is 0 Å². The fraction of sp³-hybridized carbons (Fsp3) is 0.471. The summed E-state index contributed by atoms with van der Waals surface area (Å²) < 4.78 is 12.3. The zero-order chi connectivity index (χ0) is 18.0. The topological polar surface area (TPSA) is 61.7 Å². The molecule has 0 saturated carbocycles. The molecule has 1 fully saturated rings. The Bertz CT molecular complexity index is 831. The standard InChI is InChI=1S/C17H21N3O3S2/c1-11-4-5-13(8-12(11)2)15-18-20(17(24)23-15)10-19-6-7-25-14(9-19)16(21)22-3/h4-5,8,14H,6-7,9-10H2,1-3H3/p+1/t14-/m1/s1. The number of carbonyl (C=O) groups is 1. The lowest BCUT2D eigenvalue weighted by molar-refractivity contribution is -0.921. The molecular weight excluding hydrogens is 358 g/mol. The molecule has 0 bridgehead atoms. The lowest BCUT2D eigenvalue weighted by atomic mass is 10.1. The van der Waals surface area contributed by atoms with Gasteiger partial charge in [0.2, 0.25) is 5.89 Å². The first kappa shape index (κ1) is 18.2. The van der Waals surface area contributed by atoms with Crippen LogP contribution in [0.5, 0.6) is 0 Å². The van der Waals surface area contributed by atoms with Crippen molar-refractivity contribution in [1.82, 2.24) is 9.78 Å². The van der Waals surface area contributed by atoms with Gasteiger partial charge in [-0.3, -0.25) is 4.79 Å². The average Bonchev–Trinajstić information content (AvgIpc) is 2.97. The minimum atomic E-state index is -0.165. The molecule has 2 atom stereocenters. The SMILES string of the molecule is COC(=O)[C@H]1C[NH+](Cn2nc(-c3ccc(C)c(C)c3)oc2=S)CCS1. The van der Waals surface area contributed by atoms with Gasteiger partial charge < -0.3 is 14.1 Å². The molecule has 1 saturated heterocycles. The Morgan fingerprint density at radius 3 is 3.00 bits per heavy atom. The first-order chi connectivity index (χ1) is 12.0. The second-order valence-corrected chi connectivity index (χ2v) is 7.88. The summed E-state index contributed by atoms with van der Waals surface area (Å²) in [6, 6.07) is 6.10. The molecule has 2 heterocycles. The highest BCUT2D eigenvalue weighted by Crippen LogP contribution is 2.21. The number of quaternary nitrogens is 1. The van der Waals surface area contributed by atoms with Crippen LogP contribution in [0.4, 0.5) is 0 Å². The Morgan fingerprint density at radius 2 is 2.28 bits per heavy atom. The number of thioether (sulfide) groups is 1. The predicted molar refractivity (Wildman–Crippen MR) is 99.2 cm³/mol. The number of aromatic nitrogens is 2. The molecule has 1 aliphatic rings. The third kappa shape index (κ3) is 4.13. The van der Waals surface area contributed by atoms with Crippen LogP contribution in [0.2, 0.25) is 0 Å². The summed E-state index contributed by atoms with van der Waals surface area (Å²) in [6.45, 7) is 6.37. The van der Waals surface area contributed by atoms with Crippen molar-refractivity contribution in [2.75, 3.05) is 26.0 Å². The van der Waals surface area contributed by atoms with Crippen LogP contribution < -0.4 is 4.90 Å². The van der Waals surface area contributed by atoms with Gasteiger partial charge in [0, 0.05) is 11.3 Å². The molecule has 25 heavy (non-hydrogen) atoms.